The number of amides is 1. The highest BCUT2D eigenvalue weighted by Gasteiger charge is 2.32. The Morgan fingerprint density at radius 2 is 1.97 bits per heavy atom. The number of aryl methyl sites for hydroxylation is 1. The van der Waals surface area contributed by atoms with Crippen LogP contribution >= 0.6 is 11.6 Å². The van der Waals surface area contributed by atoms with Crippen LogP contribution in [-0.4, -0.2) is 44.3 Å². The molecule has 1 aromatic carbocycles. The number of aliphatic hydroxyl groups excluding tert-OH is 1. The number of nitrogens with one attached hydrogen (secondary N) is 2. The fourth-order valence-electron chi connectivity index (χ4n) is 2.58. The van der Waals surface area contributed by atoms with Gasteiger partial charge in [-0.2, -0.15) is 18.3 Å². The summed E-state index contributed by atoms with van der Waals surface area (Å²) in [4.78, 5) is 20.9. The van der Waals surface area contributed by atoms with Crippen molar-refractivity contribution in [2.24, 2.45) is 0 Å². The number of carbonyl (C=O) groups is 1. The van der Waals surface area contributed by atoms with E-state index < -0.39 is 23.3 Å². The fourth-order valence-corrected chi connectivity index (χ4v) is 2.76. The van der Waals surface area contributed by atoms with Gasteiger partial charge in [-0.05, 0) is 30.7 Å². The third kappa shape index (κ3) is 5.64. The van der Waals surface area contributed by atoms with E-state index in [9.17, 15) is 18.0 Å². The highest BCUT2D eigenvalue weighted by Crippen LogP contribution is 2.29. The number of halogens is 4. The molecule has 31 heavy (non-hydrogen) atoms. The van der Waals surface area contributed by atoms with Crippen LogP contribution in [0, 0.1) is 6.92 Å². The second-order valence-corrected chi connectivity index (χ2v) is 6.75. The third-order valence-corrected chi connectivity index (χ3v) is 4.26. The minimum Gasteiger partial charge on any atom is -0.395 e. The maximum atomic E-state index is 12.8. The van der Waals surface area contributed by atoms with E-state index in [2.05, 4.69) is 30.8 Å². The van der Waals surface area contributed by atoms with Gasteiger partial charge in [0.2, 0.25) is 0 Å². The van der Waals surface area contributed by atoms with Crippen molar-refractivity contribution in [1.29, 1.82) is 0 Å². The summed E-state index contributed by atoms with van der Waals surface area (Å²) in [5.74, 6) is -0.191. The Morgan fingerprint density at radius 1 is 1.19 bits per heavy atom. The predicted octanol–water partition coefficient (Wildman–Crippen LogP) is 3.57. The zero-order chi connectivity index (χ0) is 22.6. The summed E-state index contributed by atoms with van der Waals surface area (Å²) in [5.41, 5.74) is 0.0480. The Kier molecular flexibility index (Phi) is 6.66. The molecule has 8 nitrogen and oxygen atoms in total. The molecule has 0 aliphatic carbocycles. The number of rotatable bonds is 6. The number of anilines is 2. The Balaban J connectivity index is 1.88. The maximum Gasteiger partial charge on any atom is 0.418 e. The summed E-state index contributed by atoms with van der Waals surface area (Å²) < 4.78 is 38.5. The van der Waals surface area contributed by atoms with Crippen LogP contribution in [0.4, 0.5) is 24.7 Å². The largest absolute Gasteiger partial charge is 0.418 e. The van der Waals surface area contributed by atoms with Gasteiger partial charge in [-0.3, -0.25) is 4.79 Å². The molecule has 0 saturated carbocycles. The van der Waals surface area contributed by atoms with Crippen molar-refractivity contribution in [1.82, 2.24) is 20.2 Å². The Hall–Kier alpha value is -3.31. The van der Waals surface area contributed by atoms with E-state index in [1.54, 1.807) is 25.1 Å². The molecule has 12 heteroatoms. The standard InChI is InChI=1S/C19H16ClF3N6O2/c1-10-2-3-12(26-18(31)14-6-11(9-25-29-14)19(21,22)23)7-13(10)17-27-15(20)8-16(28-17)24-4-5-30/h2-3,6-9,30H,4-5H2,1H3,(H,26,31)(H,24,27,28). The highest BCUT2D eigenvalue weighted by molar-refractivity contribution is 6.29. The average molecular weight is 453 g/mol. The molecule has 2 aromatic heterocycles. The van der Waals surface area contributed by atoms with Gasteiger partial charge in [-0.1, -0.05) is 17.7 Å². The number of benzene rings is 1. The topological polar surface area (TPSA) is 113 Å². The first kappa shape index (κ1) is 22.4. The summed E-state index contributed by atoms with van der Waals surface area (Å²) in [6.45, 7) is 1.96. The molecule has 0 radical (unpaired) electrons. The number of nitrogens with zero attached hydrogens (tertiary/aromatic N) is 4. The lowest BCUT2D eigenvalue weighted by molar-refractivity contribution is -0.137. The lowest BCUT2D eigenvalue weighted by atomic mass is 10.1. The van der Waals surface area contributed by atoms with Crippen LogP contribution in [0.2, 0.25) is 5.15 Å². The number of aliphatic hydroxyl groups is 1. The van der Waals surface area contributed by atoms with Crippen molar-refractivity contribution in [3.63, 3.8) is 0 Å². The number of hydrogen-bond acceptors (Lipinski definition) is 7. The molecule has 162 valence electrons. The van der Waals surface area contributed by atoms with Gasteiger partial charge >= 0.3 is 6.18 Å². The van der Waals surface area contributed by atoms with Crippen LogP contribution in [-0.2, 0) is 6.18 Å². The average Bonchev–Trinajstić information content (AvgIpc) is 2.72. The number of alkyl halides is 3. The first-order chi connectivity index (χ1) is 14.7. The Labute approximate surface area is 179 Å². The molecule has 0 bridgehead atoms. The molecule has 0 spiro atoms. The lowest BCUT2D eigenvalue weighted by Crippen LogP contribution is -2.16. The van der Waals surface area contributed by atoms with Crippen molar-refractivity contribution in [2.75, 3.05) is 23.8 Å². The molecule has 3 rings (SSSR count). The van der Waals surface area contributed by atoms with Gasteiger partial charge in [0.15, 0.2) is 11.5 Å². The van der Waals surface area contributed by atoms with Crippen molar-refractivity contribution in [3.05, 3.63) is 58.5 Å². The van der Waals surface area contributed by atoms with Crippen molar-refractivity contribution in [2.45, 2.75) is 13.1 Å². The first-order valence-corrected chi connectivity index (χ1v) is 9.27. The second kappa shape index (κ2) is 9.23. The van der Waals surface area contributed by atoms with Gasteiger partial charge in [0, 0.05) is 23.9 Å². The van der Waals surface area contributed by atoms with Crippen LogP contribution in [0.5, 0.6) is 0 Å². The summed E-state index contributed by atoms with van der Waals surface area (Å²) in [7, 11) is 0. The minimum atomic E-state index is -4.65. The molecular weight excluding hydrogens is 437 g/mol. The SMILES string of the molecule is Cc1ccc(NC(=O)c2cc(C(F)(F)F)cnn2)cc1-c1nc(Cl)cc(NCCO)n1. The van der Waals surface area contributed by atoms with Gasteiger partial charge in [-0.25, -0.2) is 9.97 Å². The Morgan fingerprint density at radius 3 is 2.68 bits per heavy atom. The van der Waals surface area contributed by atoms with Crippen LogP contribution in [0.1, 0.15) is 21.6 Å². The van der Waals surface area contributed by atoms with E-state index >= 15 is 0 Å². The third-order valence-electron chi connectivity index (χ3n) is 4.06. The number of carbonyl (C=O) groups excluding carboxylic acids is 1. The molecule has 2 heterocycles. The summed E-state index contributed by atoms with van der Waals surface area (Å²) >= 11 is 6.06. The van der Waals surface area contributed by atoms with E-state index in [4.69, 9.17) is 16.7 Å². The summed E-state index contributed by atoms with van der Waals surface area (Å²) in [6, 6.07) is 6.95. The molecule has 0 saturated heterocycles. The van der Waals surface area contributed by atoms with Gasteiger partial charge in [-0.15, -0.1) is 5.10 Å². The predicted molar refractivity (Wildman–Crippen MR) is 108 cm³/mol. The van der Waals surface area contributed by atoms with E-state index in [1.165, 1.54) is 6.07 Å². The molecule has 3 N–H and O–H groups in total. The second-order valence-electron chi connectivity index (χ2n) is 6.36. The molecule has 0 unspecified atom stereocenters. The van der Waals surface area contributed by atoms with E-state index in [0.29, 0.717) is 29.3 Å². The molecule has 0 fully saturated rings. The summed E-state index contributed by atoms with van der Waals surface area (Å²) in [5, 5.41) is 21.2. The molecule has 0 atom stereocenters. The zero-order valence-electron chi connectivity index (χ0n) is 16.0. The quantitative estimate of drug-likeness (QED) is 0.490. The lowest BCUT2D eigenvalue weighted by Gasteiger charge is -2.12. The van der Waals surface area contributed by atoms with Crippen LogP contribution in [0.15, 0.2) is 36.5 Å². The highest BCUT2D eigenvalue weighted by atomic mass is 35.5. The number of hydrogen-bond donors (Lipinski definition) is 3. The van der Waals surface area contributed by atoms with Crippen LogP contribution < -0.4 is 10.6 Å². The molecule has 0 aliphatic heterocycles. The number of aromatic nitrogens is 4. The summed E-state index contributed by atoms with van der Waals surface area (Å²) in [6.07, 6.45) is -4.10. The van der Waals surface area contributed by atoms with E-state index in [1.807, 2.05) is 0 Å². The van der Waals surface area contributed by atoms with E-state index in [0.717, 1.165) is 5.56 Å². The zero-order valence-corrected chi connectivity index (χ0v) is 16.8. The monoisotopic (exact) mass is 452 g/mol. The smallest absolute Gasteiger partial charge is 0.395 e. The molecule has 3 aromatic rings. The first-order valence-electron chi connectivity index (χ1n) is 8.89. The Bertz CT molecular complexity index is 1110. The van der Waals surface area contributed by atoms with Gasteiger partial charge in [0.1, 0.15) is 11.0 Å². The molecular formula is C19H16ClF3N6O2. The molecule has 0 aliphatic rings. The van der Waals surface area contributed by atoms with Crippen molar-refractivity contribution < 1.29 is 23.1 Å². The normalized spacial score (nSPS) is 11.3. The minimum absolute atomic E-state index is 0.101. The van der Waals surface area contributed by atoms with Crippen molar-refractivity contribution >= 4 is 29.0 Å². The van der Waals surface area contributed by atoms with Crippen LogP contribution in [0.3, 0.4) is 0 Å². The van der Waals surface area contributed by atoms with Gasteiger partial charge in [0.05, 0.1) is 18.4 Å². The molecule has 1 amide bonds. The van der Waals surface area contributed by atoms with Gasteiger partial charge in [0.25, 0.3) is 5.91 Å². The van der Waals surface area contributed by atoms with E-state index in [-0.39, 0.29) is 24.1 Å². The van der Waals surface area contributed by atoms with Crippen LogP contribution in [0.25, 0.3) is 11.4 Å². The van der Waals surface area contributed by atoms with Crippen molar-refractivity contribution in [3.8, 4) is 11.4 Å². The fraction of sp³-hybridized carbons (Fsp3) is 0.211. The maximum absolute atomic E-state index is 12.8. The van der Waals surface area contributed by atoms with Gasteiger partial charge < -0.3 is 15.7 Å².